The van der Waals surface area contributed by atoms with Crippen molar-refractivity contribution in [3.8, 4) is 0 Å². The molecule has 94 valence electrons. The molecular weight excluding hydrogens is 208 g/mol. The molecule has 1 atom stereocenters. The number of amides is 1. The van der Waals surface area contributed by atoms with E-state index >= 15 is 0 Å². The third kappa shape index (κ3) is 5.70. The van der Waals surface area contributed by atoms with Crippen LogP contribution in [0.25, 0.3) is 0 Å². The van der Waals surface area contributed by atoms with Gasteiger partial charge in [-0.05, 0) is 12.3 Å². The summed E-state index contributed by atoms with van der Waals surface area (Å²) in [4.78, 5) is 22.5. The third-order valence-corrected chi connectivity index (χ3v) is 2.15. The number of carbonyl (C=O) groups is 2. The van der Waals surface area contributed by atoms with Crippen molar-refractivity contribution < 1.29 is 14.3 Å². The Labute approximate surface area is 96.7 Å². The minimum Gasteiger partial charge on any atom is -0.466 e. The van der Waals surface area contributed by atoms with E-state index < -0.39 is 6.04 Å². The zero-order valence-corrected chi connectivity index (χ0v) is 10.5. The van der Waals surface area contributed by atoms with Gasteiger partial charge >= 0.3 is 5.97 Å². The fourth-order valence-electron chi connectivity index (χ4n) is 1.02. The Kier molecular flexibility index (Phi) is 6.03. The second-order valence-electron chi connectivity index (χ2n) is 4.69. The molecule has 0 aliphatic rings. The van der Waals surface area contributed by atoms with Crippen molar-refractivity contribution in [3.63, 3.8) is 0 Å². The van der Waals surface area contributed by atoms with Crippen molar-refractivity contribution in [2.24, 2.45) is 11.1 Å². The summed E-state index contributed by atoms with van der Waals surface area (Å²) < 4.78 is 4.73. The first kappa shape index (κ1) is 14.9. The van der Waals surface area contributed by atoms with Gasteiger partial charge in [-0.15, -0.1) is 0 Å². The van der Waals surface area contributed by atoms with Crippen LogP contribution >= 0.6 is 0 Å². The molecule has 1 amide bonds. The maximum atomic E-state index is 11.5. The van der Waals surface area contributed by atoms with Crippen LogP contribution in [0.3, 0.4) is 0 Å². The van der Waals surface area contributed by atoms with Crippen LogP contribution in [0.4, 0.5) is 0 Å². The van der Waals surface area contributed by atoms with E-state index in [-0.39, 0.29) is 30.3 Å². The van der Waals surface area contributed by atoms with Gasteiger partial charge in [0.15, 0.2) is 0 Å². The quantitative estimate of drug-likeness (QED) is 0.671. The first-order valence-electron chi connectivity index (χ1n) is 5.48. The Balaban J connectivity index is 3.87. The van der Waals surface area contributed by atoms with E-state index in [1.165, 1.54) is 0 Å². The summed E-state index contributed by atoms with van der Waals surface area (Å²) in [6.45, 7) is 8.04. The summed E-state index contributed by atoms with van der Waals surface area (Å²) in [6.07, 6.45) is 0.177. The fourth-order valence-corrected chi connectivity index (χ4v) is 1.02. The highest BCUT2D eigenvalue weighted by atomic mass is 16.5. The maximum absolute atomic E-state index is 11.5. The normalized spacial score (nSPS) is 13.1. The number of rotatable bonds is 5. The van der Waals surface area contributed by atoms with Crippen molar-refractivity contribution in [2.75, 3.05) is 13.2 Å². The van der Waals surface area contributed by atoms with Crippen molar-refractivity contribution in [2.45, 2.75) is 40.2 Å². The average Bonchev–Trinajstić information content (AvgIpc) is 2.15. The predicted octanol–water partition coefficient (Wildman–Crippen LogP) is 0.429. The van der Waals surface area contributed by atoms with Gasteiger partial charge in [0.25, 0.3) is 0 Å². The molecule has 0 heterocycles. The van der Waals surface area contributed by atoms with Crippen molar-refractivity contribution >= 4 is 11.9 Å². The first-order valence-corrected chi connectivity index (χ1v) is 5.48. The van der Waals surface area contributed by atoms with Gasteiger partial charge in [-0.2, -0.15) is 0 Å². The lowest BCUT2D eigenvalue weighted by Gasteiger charge is -2.25. The minimum absolute atomic E-state index is 0.177. The Morgan fingerprint density at radius 3 is 2.38 bits per heavy atom. The summed E-state index contributed by atoms with van der Waals surface area (Å²) >= 11 is 0. The Hall–Kier alpha value is -1.10. The molecule has 0 rings (SSSR count). The molecular formula is C11H22N2O3. The molecule has 5 heteroatoms. The fraction of sp³-hybridized carbons (Fsp3) is 0.818. The van der Waals surface area contributed by atoms with Gasteiger partial charge in [-0.25, -0.2) is 0 Å². The van der Waals surface area contributed by atoms with E-state index in [9.17, 15) is 9.59 Å². The van der Waals surface area contributed by atoms with Crippen molar-refractivity contribution in [1.82, 2.24) is 5.32 Å². The molecule has 0 aromatic carbocycles. The molecule has 16 heavy (non-hydrogen) atoms. The Morgan fingerprint density at radius 1 is 1.38 bits per heavy atom. The van der Waals surface area contributed by atoms with Crippen molar-refractivity contribution in [1.29, 1.82) is 0 Å². The zero-order valence-electron chi connectivity index (χ0n) is 10.5. The first-order chi connectivity index (χ1) is 7.29. The number of nitrogens with one attached hydrogen (secondary N) is 1. The van der Waals surface area contributed by atoms with Gasteiger partial charge in [0.2, 0.25) is 5.91 Å². The number of ether oxygens (including phenoxy) is 1. The van der Waals surface area contributed by atoms with Crippen LogP contribution < -0.4 is 11.1 Å². The topological polar surface area (TPSA) is 81.4 Å². The van der Waals surface area contributed by atoms with E-state index in [0.717, 1.165) is 0 Å². The highest BCUT2D eigenvalue weighted by Gasteiger charge is 2.27. The molecule has 5 nitrogen and oxygen atoms in total. The van der Waals surface area contributed by atoms with Gasteiger partial charge in [-0.3, -0.25) is 9.59 Å². The number of hydrogen-bond donors (Lipinski definition) is 2. The minimum atomic E-state index is -0.574. The van der Waals surface area contributed by atoms with E-state index in [2.05, 4.69) is 5.32 Å². The molecule has 0 spiro atoms. The molecule has 0 radical (unpaired) electrons. The lowest BCUT2D eigenvalue weighted by atomic mass is 9.87. The van der Waals surface area contributed by atoms with Gasteiger partial charge in [0.05, 0.1) is 19.1 Å². The Bertz CT molecular complexity index is 246. The van der Waals surface area contributed by atoms with Crippen LogP contribution in [-0.2, 0) is 14.3 Å². The van der Waals surface area contributed by atoms with E-state index in [1.807, 2.05) is 20.8 Å². The molecule has 0 fully saturated rings. The van der Waals surface area contributed by atoms with E-state index in [1.54, 1.807) is 6.92 Å². The zero-order chi connectivity index (χ0) is 12.8. The number of hydrogen-bond acceptors (Lipinski definition) is 4. The number of carbonyl (C=O) groups excluding carboxylic acids is 2. The van der Waals surface area contributed by atoms with Gasteiger partial charge in [-0.1, -0.05) is 20.8 Å². The molecule has 0 saturated heterocycles. The molecule has 0 saturated carbocycles. The molecule has 1 unspecified atom stereocenters. The van der Waals surface area contributed by atoms with E-state index in [0.29, 0.717) is 6.61 Å². The maximum Gasteiger partial charge on any atom is 0.307 e. The molecule has 0 bridgehead atoms. The lowest BCUT2D eigenvalue weighted by molar-refractivity contribution is -0.143. The van der Waals surface area contributed by atoms with Gasteiger partial charge in [0, 0.05) is 6.54 Å². The number of esters is 1. The molecule has 0 aliphatic heterocycles. The Morgan fingerprint density at radius 2 is 1.94 bits per heavy atom. The highest BCUT2D eigenvalue weighted by Crippen LogP contribution is 2.16. The largest absolute Gasteiger partial charge is 0.466 e. The SMILES string of the molecule is CCOC(=O)CCNC(=O)C(N)C(C)(C)C. The average molecular weight is 230 g/mol. The predicted molar refractivity (Wildman–Crippen MR) is 61.7 cm³/mol. The van der Waals surface area contributed by atoms with Crippen LogP contribution in [-0.4, -0.2) is 31.1 Å². The lowest BCUT2D eigenvalue weighted by Crippen LogP contribution is -2.48. The molecule has 3 N–H and O–H groups in total. The van der Waals surface area contributed by atoms with Crippen LogP contribution in [0.5, 0.6) is 0 Å². The van der Waals surface area contributed by atoms with Crippen molar-refractivity contribution in [3.05, 3.63) is 0 Å². The second-order valence-corrected chi connectivity index (χ2v) is 4.69. The molecule has 0 aliphatic carbocycles. The summed E-state index contributed by atoms with van der Waals surface area (Å²) in [5.74, 6) is -0.552. The van der Waals surface area contributed by atoms with Gasteiger partial charge in [0.1, 0.15) is 0 Å². The standard InChI is InChI=1S/C11H22N2O3/c1-5-16-8(14)6-7-13-10(15)9(12)11(2,3)4/h9H,5-7,12H2,1-4H3,(H,13,15). The summed E-state index contributed by atoms with van der Waals surface area (Å²) in [7, 11) is 0. The van der Waals surface area contributed by atoms with Crippen LogP contribution in [0.2, 0.25) is 0 Å². The second kappa shape index (κ2) is 6.48. The van der Waals surface area contributed by atoms with Gasteiger partial charge < -0.3 is 15.8 Å². The molecule has 0 aromatic rings. The third-order valence-electron chi connectivity index (χ3n) is 2.15. The monoisotopic (exact) mass is 230 g/mol. The summed E-state index contributed by atoms with van der Waals surface area (Å²) in [5.41, 5.74) is 5.46. The smallest absolute Gasteiger partial charge is 0.307 e. The summed E-state index contributed by atoms with van der Waals surface area (Å²) in [6, 6.07) is -0.574. The van der Waals surface area contributed by atoms with Crippen LogP contribution in [0.15, 0.2) is 0 Å². The van der Waals surface area contributed by atoms with Crippen LogP contribution in [0.1, 0.15) is 34.1 Å². The van der Waals surface area contributed by atoms with E-state index in [4.69, 9.17) is 10.5 Å². The number of nitrogens with two attached hydrogens (primary N) is 1. The molecule has 0 aromatic heterocycles. The van der Waals surface area contributed by atoms with Crippen LogP contribution in [0, 0.1) is 5.41 Å². The highest BCUT2D eigenvalue weighted by molar-refractivity contribution is 5.82. The summed E-state index contributed by atoms with van der Waals surface area (Å²) in [5, 5.41) is 2.61.